The number of unbranched alkanes of at least 4 members (excludes halogenated alkanes) is 2. The van der Waals surface area contributed by atoms with Crippen molar-refractivity contribution in [2.75, 3.05) is 18.4 Å². The number of anilines is 1. The molecule has 0 unspecified atom stereocenters. The smallest absolute Gasteiger partial charge is 0.243 e. The highest BCUT2D eigenvalue weighted by Crippen LogP contribution is 2.19. The first-order valence-electron chi connectivity index (χ1n) is 7.75. The van der Waals surface area contributed by atoms with Crippen LogP contribution < -0.4 is 16.0 Å². The number of carbonyl (C=O) groups excluding carboxylic acids is 3. The van der Waals surface area contributed by atoms with Crippen molar-refractivity contribution >= 4 is 23.4 Å². The number of nitrogens with one attached hydrogen (secondary N) is 3. The van der Waals surface area contributed by atoms with Crippen LogP contribution >= 0.6 is 0 Å². The molecule has 6 nitrogen and oxygen atoms in total. The molecule has 3 N–H and O–H groups in total. The van der Waals surface area contributed by atoms with Crippen molar-refractivity contribution in [1.82, 2.24) is 10.6 Å². The van der Waals surface area contributed by atoms with Gasteiger partial charge >= 0.3 is 0 Å². The molecular formula is C16H20F3N3O3. The maximum atomic E-state index is 13.4. The SMILES string of the molecule is CC(=O)NCCCCCC(=O)NCC(=O)Nc1ccc(F)c(F)c1F. The fourth-order valence-electron chi connectivity index (χ4n) is 1.94. The van der Waals surface area contributed by atoms with Crippen molar-refractivity contribution < 1.29 is 27.6 Å². The van der Waals surface area contributed by atoms with Crippen LogP contribution in [0, 0.1) is 17.5 Å². The van der Waals surface area contributed by atoms with Crippen molar-refractivity contribution in [3.63, 3.8) is 0 Å². The molecule has 0 bridgehead atoms. The number of halogens is 3. The summed E-state index contributed by atoms with van der Waals surface area (Å²) in [4.78, 5) is 33.8. The highest BCUT2D eigenvalue weighted by Gasteiger charge is 2.15. The molecule has 0 heterocycles. The van der Waals surface area contributed by atoms with Gasteiger partial charge in [0.2, 0.25) is 17.7 Å². The van der Waals surface area contributed by atoms with E-state index in [0.717, 1.165) is 18.9 Å². The average molecular weight is 359 g/mol. The standard InChI is InChI=1S/C16H20F3N3O3/c1-10(23)20-8-4-2-3-5-13(24)21-9-14(25)22-12-7-6-11(17)15(18)16(12)19/h6-7H,2-5,8-9H2,1H3,(H,20,23)(H,21,24)(H,22,25). The van der Waals surface area contributed by atoms with Crippen molar-refractivity contribution in [2.24, 2.45) is 0 Å². The van der Waals surface area contributed by atoms with Crippen molar-refractivity contribution in [3.05, 3.63) is 29.6 Å². The molecule has 0 aliphatic carbocycles. The van der Waals surface area contributed by atoms with Crippen LogP contribution in [0.5, 0.6) is 0 Å². The number of hydrogen-bond acceptors (Lipinski definition) is 3. The summed E-state index contributed by atoms with van der Waals surface area (Å²) in [6.45, 7) is 1.55. The minimum Gasteiger partial charge on any atom is -0.356 e. The third-order valence-electron chi connectivity index (χ3n) is 3.21. The molecule has 0 aromatic heterocycles. The molecule has 1 rings (SSSR count). The van der Waals surface area contributed by atoms with Gasteiger partial charge in [-0.3, -0.25) is 14.4 Å². The molecule has 0 radical (unpaired) electrons. The van der Waals surface area contributed by atoms with Gasteiger partial charge in [0.15, 0.2) is 17.5 Å². The zero-order valence-electron chi connectivity index (χ0n) is 13.8. The van der Waals surface area contributed by atoms with Crippen LogP contribution in [0.3, 0.4) is 0 Å². The van der Waals surface area contributed by atoms with Crippen LogP contribution in [-0.2, 0) is 14.4 Å². The summed E-state index contributed by atoms with van der Waals surface area (Å²) in [5.41, 5.74) is -0.504. The van der Waals surface area contributed by atoms with Crippen molar-refractivity contribution in [1.29, 1.82) is 0 Å². The van der Waals surface area contributed by atoms with E-state index in [-0.39, 0.29) is 18.2 Å². The minimum atomic E-state index is -1.68. The molecule has 9 heteroatoms. The van der Waals surface area contributed by atoms with Gasteiger partial charge in [-0.2, -0.15) is 0 Å². The summed E-state index contributed by atoms with van der Waals surface area (Å²) in [6, 6.07) is 1.58. The molecule has 0 aliphatic rings. The largest absolute Gasteiger partial charge is 0.356 e. The molecule has 0 aliphatic heterocycles. The van der Waals surface area contributed by atoms with E-state index in [4.69, 9.17) is 0 Å². The summed E-state index contributed by atoms with van der Waals surface area (Å²) >= 11 is 0. The topological polar surface area (TPSA) is 87.3 Å². The maximum absolute atomic E-state index is 13.4. The van der Waals surface area contributed by atoms with Crippen LogP contribution in [0.1, 0.15) is 32.6 Å². The fourth-order valence-corrected chi connectivity index (χ4v) is 1.94. The maximum Gasteiger partial charge on any atom is 0.243 e. The molecule has 1 aromatic carbocycles. The zero-order valence-corrected chi connectivity index (χ0v) is 13.8. The Labute approximate surface area is 143 Å². The lowest BCUT2D eigenvalue weighted by Gasteiger charge is -2.08. The third-order valence-corrected chi connectivity index (χ3v) is 3.21. The molecule has 0 spiro atoms. The molecule has 1 aromatic rings. The normalized spacial score (nSPS) is 10.2. The predicted octanol–water partition coefficient (Wildman–Crippen LogP) is 1.86. The van der Waals surface area contributed by atoms with E-state index in [1.807, 2.05) is 0 Å². The number of rotatable bonds is 9. The van der Waals surface area contributed by atoms with E-state index in [9.17, 15) is 27.6 Å². The van der Waals surface area contributed by atoms with Crippen molar-refractivity contribution in [2.45, 2.75) is 32.6 Å². The lowest BCUT2D eigenvalue weighted by atomic mass is 10.2. The third kappa shape index (κ3) is 7.69. The van der Waals surface area contributed by atoms with Crippen LogP contribution in [-0.4, -0.2) is 30.8 Å². The zero-order chi connectivity index (χ0) is 18.8. The van der Waals surface area contributed by atoms with Gasteiger partial charge in [-0.25, -0.2) is 13.2 Å². The first-order chi connectivity index (χ1) is 11.8. The van der Waals surface area contributed by atoms with E-state index in [0.29, 0.717) is 19.0 Å². The summed E-state index contributed by atoms with van der Waals surface area (Å²) in [6.07, 6.45) is 2.26. The molecule has 138 valence electrons. The second-order valence-corrected chi connectivity index (χ2v) is 5.34. The second kappa shape index (κ2) is 10.3. The molecule has 0 atom stereocenters. The van der Waals surface area contributed by atoms with Gasteiger partial charge in [-0.05, 0) is 25.0 Å². The van der Waals surface area contributed by atoms with Gasteiger partial charge in [0.05, 0.1) is 12.2 Å². The Balaban J connectivity index is 2.24. The second-order valence-electron chi connectivity index (χ2n) is 5.34. The Hall–Kier alpha value is -2.58. The first kappa shape index (κ1) is 20.5. The van der Waals surface area contributed by atoms with Crippen LogP contribution in [0.15, 0.2) is 12.1 Å². The Morgan fingerprint density at radius 3 is 2.32 bits per heavy atom. The average Bonchev–Trinajstić information content (AvgIpc) is 2.56. The van der Waals surface area contributed by atoms with E-state index >= 15 is 0 Å². The Bertz CT molecular complexity index is 639. The summed E-state index contributed by atoms with van der Waals surface area (Å²) in [7, 11) is 0. The molecule has 3 amide bonds. The van der Waals surface area contributed by atoms with Crippen LogP contribution in [0.2, 0.25) is 0 Å². The highest BCUT2D eigenvalue weighted by atomic mass is 19.2. The first-order valence-corrected chi connectivity index (χ1v) is 7.75. The van der Waals surface area contributed by atoms with Gasteiger partial charge in [0, 0.05) is 19.9 Å². The molecule has 0 fully saturated rings. The minimum absolute atomic E-state index is 0.110. The van der Waals surface area contributed by atoms with E-state index in [1.165, 1.54) is 6.92 Å². The number of amides is 3. The van der Waals surface area contributed by atoms with Crippen molar-refractivity contribution in [3.8, 4) is 0 Å². The molecular weight excluding hydrogens is 339 g/mol. The number of benzene rings is 1. The number of hydrogen-bond donors (Lipinski definition) is 3. The summed E-state index contributed by atoms with van der Waals surface area (Å²) in [5.74, 6) is -5.77. The Morgan fingerprint density at radius 1 is 0.920 bits per heavy atom. The lowest BCUT2D eigenvalue weighted by Crippen LogP contribution is -2.33. The van der Waals surface area contributed by atoms with Gasteiger partial charge < -0.3 is 16.0 Å². The Morgan fingerprint density at radius 2 is 1.64 bits per heavy atom. The quantitative estimate of drug-likeness (QED) is 0.465. The van der Waals surface area contributed by atoms with Gasteiger partial charge in [-0.1, -0.05) is 6.42 Å². The fraction of sp³-hybridized carbons (Fsp3) is 0.438. The van der Waals surface area contributed by atoms with Crippen LogP contribution in [0.4, 0.5) is 18.9 Å². The van der Waals surface area contributed by atoms with Gasteiger partial charge in [0.1, 0.15) is 0 Å². The monoisotopic (exact) mass is 359 g/mol. The van der Waals surface area contributed by atoms with E-state index in [2.05, 4.69) is 16.0 Å². The molecule has 0 saturated heterocycles. The lowest BCUT2D eigenvalue weighted by molar-refractivity contribution is -0.124. The van der Waals surface area contributed by atoms with Gasteiger partial charge in [-0.15, -0.1) is 0 Å². The summed E-state index contributed by atoms with van der Waals surface area (Å²) < 4.78 is 39.2. The highest BCUT2D eigenvalue weighted by molar-refractivity contribution is 5.94. The van der Waals surface area contributed by atoms with E-state index in [1.54, 1.807) is 0 Å². The predicted molar refractivity (Wildman–Crippen MR) is 85.1 cm³/mol. The number of carbonyl (C=O) groups is 3. The van der Waals surface area contributed by atoms with E-state index < -0.39 is 35.6 Å². The summed E-state index contributed by atoms with van der Waals surface area (Å²) in [5, 5.41) is 7.03. The van der Waals surface area contributed by atoms with Crippen LogP contribution in [0.25, 0.3) is 0 Å². The molecule has 25 heavy (non-hydrogen) atoms. The van der Waals surface area contributed by atoms with Gasteiger partial charge in [0.25, 0.3) is 0 Å². The Kier molecular flexibility index (Phi) is 8.45. The molecule has 0 saturated carbocycles.